The number of nitrogens with zero attached hydrogens (tertiary/aromatic N) is 1. The van der Waals surface area contributed by atoms with Crippen molar-refractivity contribution in [2.45, 2.75) is 25.6 Å². The van der Waals surface area contributed by atoms with E-state index < -0.39 is 11.7 Å². The number of benzene rings is 1. The Hall–Kier alpha value is -2.25. The lowest BCUT2D eigenvalue weighted by Crippen LogP contribution is -2.41. The molecule has 0 aromatic heterocycles. The first-order valence-corrected chi connectivity index (χ1v) is 7.78. The molecule has 2 rings (SSSR count). The molecule has 1 saturated carbocycles. The number of carbonyl (C=O) groups is 1. The van der Waals surface area contributed by atoms with Gasteiger partial charge in [0.15, 0.2) is 5.96 Å². The zero-order valence-electron chi connectivity index (χ0n) is 13.4. The molecular formula is C16H21F3N4O. The number of halogens is 3. The van der Waals surface area contributed by atoms with Crippen molar-refractivity contribution in [2.24, 2.45) is 10.9 Å². The van der Waals surface area contributed by atoms with Crippen molar-refractivity contribution in [2.75, 3.05) is 20.1 Å². The highest BCUT2D eigenvalue weighted by molar-refractivity contribution is 5.81. The highest BCUT2D eigenvalue weighted by Crippen LogP contribution is 2.29. The average Bonchev–Trinajstić information content (AvgIpc) is 3.38. The van der Waals surface area contributed by atoms with Gasteiger partial charge in [-0.1, -0.05) is 12.1 Å². The predicted molar refractivity (Wildman–Crippen MR) is 85.4 cm³/mol. The second-order valence-corrected chi connectivity index (χ2v) is 5.61. The van der Waals surface area contributed by atoms with Crippen LogP contribution in [0.5, 0.6) is 0 Å². The lowest BCUT2D eigenvalue weighted by molar-refractivity contribution is -0.137. The van der Waals surface area contributed by atoms with Crippen molar-refractivity contribution in [1.82, 2.24) is 16.0 Å². The second kappa shape index (κ2) is 8.03. The lowest BCUT2D eigenvalue weighted by atomic mass is 10.1. The van der Waals surface area contributed by atoms with E-state index in [9.17, 15) is 18.0 Å². The van der Waals surface area contributed by atoms with E-state index in [4.69, 9.17) is 0 Å². The first kappa shape index (κ1) is 18.1. The van der Waals surface area contributed by atoms with Crippen LogP contribution in [0.3, 0.4) is 0 Å². The van der Waals surface area contributed by atoms with E-state index in [1.54, 1.807) is 7.05 Å². The van der Waals surface area contributed by atoms with Crippen LogP contribution in [0.25, 0.3) is 0 Å². The number of aliphatic imine (C=N–C) groups is 1. The van der Waals surface area contributed by atoms with Gasteiger partial charge in [0.1, 0.15) is 0 Å². The molecule has 1 aromatic carbocycles. The Kier molecular flexibility index (Phi) is 6.05. The van der Waals surface area contributed by atoms with Crippen molar-refractivity contribution in [3.8, 4) is 0 Å². The van der Waals surface area contributed by atoms with Crippen LogP contribution in [-0.4, -0.2) is 32.0 Å². The van der Waals surface area contributed by atoms with Gasteiger partial charge in [-0.25, -0.2) is 0 Å². The number of hydrogen-bond acceptors (Lipinski definition) is 2. The van der Waals surface area contributed by atoms with E-state index in [1.807, 2.05) is 0 Å². The molecule has 0 bridgehead atoms. The minimum absolute atomic E-state index is 0.0875. The molecule has 1 fully saturated rings. The number of rotatable bonds is 6. The number of alkyl halides is 3. The summed E-state index contributed by atoms with van der Waals surface area (Å²) in [6.45, 7) is 1.37. The summed E-state index contributed by atoms with van der Waals surface area (Å²) in [5.74, 6) is 0.794. The molecule has 0 atom stereocenters. The molecule has 1 amide bonds. The van der Waals surface area contributed by atoms with Crippen molar-refractivity contribution in [3.63, 3.8) is 0 Å². The standard InChI is InChI=1S/C16H21F3N4O/c1-20-15(22-9-8-21-14(24)12-4-5-12)23-10-11-2-6-13(7-3-11)16(17,18)19/h2-3,6-7,12H,4-5,8-10H2,1H3,(H,21,24)(H2,20,22,23). The second-order valence-electron chi connectivity index (χ2n) is 5.61. The Morgan fingerprint density at radius 1 is 1.12 bits per heavy atom. The molecule has 132 valence electrons. The summed E-state index contributed by atoms with van der Waals surface area (Å²) < 4.78 is 37.5. The monoisotopic (exact) mass is 342 g/mol. The van der Waals surface area contributed by atoms with Crippen LogP contribution < -0.4 is 16.0 Å². The fraction of sp³-hybridized carbons (Fsp3) is 0.500. The van der Waals surface area contributed by atoms with Gasteiger partial charge in [-0.2, -0.15) is 13.2 Å². The molecule has 0 unspecified atom stereocenters. The smallest absolute Gasteiger partial charge is 0.355 e. The van der Waals surface area contributed by atoms with Crippen LogP contribution in [0.15, 0.2) is 29.3 Å². The summed E-state index contributed by atoms with van der Waals surface area (Å²) in [5.41, 5.74) is 0.0492. The third-order valence-corrected chi connectivity index (χ3v) is 3.63. The SMILES string of the molecule is CN=C(NCCNC(=O)C1CC1)NCc1ccc(C(F)(F)F)cc1. The first-order valence-electron chi connectivity index (χ1n) is 7.78. The van der Waals surface area contributed by atoms with Crippen molar-refractivity contribution in [3.05, 3.63) is 35.4 Å². The van der Waals surface area contributed by atoms with Gasteiger partial charge in [-0.3, -0.25) is 9.79 Å². The largest absolute Gasteiger partial charge is 0.416 e. The van der Waals surface area contributed by atoms with Gasteiger partial charge >= 0.3 is 6.18 Å². The van der Waals surface area contributed by atoms with E-state index in [0.29, 0.717) is 31.2 Å². The van der Waals surface area contributed by atoms with Gasteiger partial charge in [-0.05, 0) is 30.5 Å². The van der Waals surface area contributed by atoms with Crippen molar-refractivity contribution in [1.29, 1.82) is 0 Å². The van der Waals surface area contributed by atoms with Crippen LogP contribution in [0.2, 0.25) is 0 Å². The Morgan fingerprint density at radius 2 is 1.75 bits per heavy atom. The average molecular weight is 342 g/mol. The third-order valence-electron chi connectivity index (χ3n) is 3.63. The van der Waals surface area contributed by atoms with Crippen molar-refractivity contribution < 1.29 is 18.0 Å². The van der Waals surface area contributed by atoms with E-state index in [2.05, 4.69) is 20.9 Å². The Morgan fingerprint density at radius 3 is 2.29 bits per heavy atom. The molecule has 24 heavy (non-hydrogen) atoms. The highest BCUT2D eigenvalue weighted by Gasteiger charge is 2.30. The van der Waals surface area contributed by atoms with Crippen molar-refractivity contribution >= 4 is 11.9 Å². The topological polar surface area (TPSA) is 65.5 Å². The van der Waals surface area contributed by atoms with Gasteiger partial charge in [0.25, 0.3) is 0 Å². The third kappa shape index (κ3) is 5.75. The van der Waals surface area contributed by atoms with Crippen LogP contribution in [-0.2, 0) is 17.5 Å². The molecule has 0 radical (unpaired) electrons. The normalized spacial score (nSPS) is 15.1. The Labute approximate surface area is 138 Å². The van der Waals surface area contributed by atoms with Crippen LogP contribution in [0.4, 0.5) is 13.2 Å². The summed E-state index contributed by atoms with van der Waals surface area (Å²) in [5, 5.41) is 8.87. The van der Waals surface area contributed by atoms with Gasteiger partial charge < -0.3 is 16.0 Å². The lowest BCUT2D eigenvalue weighted by Gasteiger charge is -2.13. The van der Waals surface area contributed by atoms with E-state index in [-0.39, 0.29) is 11.8 Å². The molecule has 0 saturated heterocycles. The minimum atomic E-state index is -4.32. The molecule has 0 spiro atoms. The quantitative estimate of drug-likeness (QED) is 0.420. The Balaban J connectivity index is 1.69. The molecule has 0 aliphatic heterocycles. The van der Waals surface area contributed by atoms with Crippen LogP contribution >= 0.6 is 0 Å². The molecule has 0 heterocycles. The molecular weight excluding hydrogens is 321 g/mol. The van der Waals surface area contributed by atoms with Crippen LogP contribution in [0.1, 0.15) is 24.0 Å². The van der Waals surface area contributed by atoms with E-state index in [0.717, 1.165) is 25.0 Å². The summed E-state index contributed by atoms with van der Waals surface area (Å²) in [7, 11) is 1.60. The first-order chi connectivity index (χ1) is 11.4. The summed E-state index contributed by atoms with van der Waals surface area (Å²) in [4.78, 5) is 15.5. The molecule has 3 N–H and O–H groups in total. The summed E-state index contributed by atoms with van der Waals surface area (Å²) in [6, 6.07) is 4.97. The number of amides is 1. The van der Waals surface area contributed by atoms with Gasteiger partial charge in [0.2, 0.25) is 5.91 Å². The maximum atomic E-state index is 12.5. The molecule has 5 nitrogen and oxygen atoms in total. The zero-order chi connectivity index (χ0) is 17.6. The Bertz CT molecular complexity index is 580. The summed E-state index contributed by atoms with van der Waals surface area (Å²) >= 11 is 0. The number of carbonyl (C=O) groups excluding carboxylic acids is 1. The minimum Gasteiger partial charge on any atom is -0.355 e. The van der Waals surface area contributed by atoms with Gasteiger partial charge in [-0.15, -0.1) is 0 Å². The van der Waals surface area contributed by atoms with Crippen LogP contribution in [0, 0.1) is 5.92 Å². The highest BCUT2D eigenvalue weighted by atomic mass is 19.4. The molecule has 1 aliphatic carbocycles. The summed E-state index contributed by atoms with van der Waals surface area (Å²) in [6.07, 6.45) is -2.39. The predicted octanol–water partition coefficient (Wildman–Crippen LogP) is 1.90. The fourth-order valence-corrected chi connectivity index (χ4v) is 2.07. The van der Waals surface area contributed by atoms with E-state index >= 15 is 0 Å². The molecule has 1 aromatic rings. The fourth-order valence-electron chi connectivity index (χ4n) is 2.07. The van der Waals surface area contributed by atoms with Gasteiger partial charge in [0.05, 0.1) is 5.56 Å². The maximum Gasteiger partial charge on any atom is 0.416 e. The number of nitrogens with one attached hydrogen (secondary N) is 3. The zero-order valence-corrected chi connectivity index (χ0v) is 13.4. The number of hydrogen-bond donors (Lipinski definition) is 3. The molecule has 1 aliphatic rings. The van der Waals surface area contributed by atoms with Gasteiger partial charge in [0, 0.05) is 32.6 Å². The number of guanidine groups is 1. The molecule has 8 heteroatoms. The van der Waals surface area contributed by atoms with E-state index in [1.165, 1.54) is 12.1 Å². The maximum absolute atomic E-state index is 12.5.